The van der Waals surface area contributed by atoms with Gasteiger partial charge in [0, 0.05) is 10.7 Å². The van der Waals surface area contributed by atoms with Gasteiger partial charge < -0.3 is 5.11 Å². The lowest BCUT2D eigenvalue weighted by molar-refractivity contribution is 0.477. The summed E-state index contributed by atoms with van der Waals surface area (Å²) in [6.45, 7) is 0. The van der Waals surface area contributed by atoms with E-state index in [2.05, 4.69) is 20.9 Å². The number of hydrogen-bond acceptors (Lipinski definition) is 2. The van der Waals surface area contributed by atoms with E-state index in [0.717, 1.165) is 10.0 Å². The smallest absolute Gasteiger partial charge is 0.141 e. The van der Waals surface area contributed by atoms with Gasteiger partial charge in [-0.05, 0) is 29.8 Å². The number of rotatable bonds is 2. The van der Waals surface area contributed by atoms with Gasteiger partial charge in [0.2, 0.25) is 0 Å². The van der Waals surface area contributed by atoms with Crippen molar-refractivity contribution in [3.8, 4) is 5.75 Å². The van der Waals surface area contributed by atoms with E-state index >= 15 is 0 Å². The Bertz CT molecular complexity index is 506. The summed E-state index contributed by atoms with van der Waals surface area (Å²) in [6.07, 6.45) is 1.72. The third-order valence-corrected chi connectivity index (χ3v) is 2.63. The van der Waals surface area contributed by atoms with E-state index in [4.69, 9.17) is 0 Å². The highest BCUT2D eigenvalue weighted by Crippen LogP contribution is 2.24. The third-order valence-electron chi connectivity index (χ3n) is 2.10. The quantitative estimate of drug-likeness (QED) is 0.829. The van der Waals surface area contributed by atoms with E-state index < -0.39 is 0 Å². The van der Waals surface area contributed by atoms with Crippen LogP contribution in [0.2, 0.25) is 0 Å². The molecule has 3 heteroatoms. The predicted octanol–water partition coefficient (Wildman–Crippen LogP) is 3.91. The Balaban J connectivity index is 2.21. The molecular formula is C13H10BrNO. The number of benzene rings is 2. The Hall–Kier alpha value is -1.61. The van der Waals surface area contributed by atoms with Gasteiger partial charge in [-0.2, -0.15) is 0 Å². The molecule has 0 bridgehead atoms. The monoisotopic (exact) mass is 275 g/mol. The normalized spacial score (nSPS) is 10.8. The van der Waals surface area contributed by atoms with Crippen molar-refractivity contribution in [3.05, 3.63) is 58.6 Å². The minimum absolute atomic E-state index is 0.191. The van der Waals surface area contributed by atoms with Crippen molar-refractivity contribution in [1.29, 1.82) is 0 Å². The zero-order valence-electron chi connectivity index (χ0n) is 8.47. The van der Waals surface area contributed by atoms with Crippen molar-refractivity contribution in [1.82, 2.24) is 0 Å². The SMILES string of the molecule is Oc1ccccc1N=Cc1ccc(Br)cc1. The minimum atomic E-state index is 0.191. The summed E-state index contributed by atoms with van der Waals surface area (Å²) in [5.74, 6) is 0.191. The standard InChI is InChI=1S/C13H10BrNO/c14-11-7-5-10(6-8-11)9-15-12-3-1-2-4-13(12)16/h1-9,16H. The number of phenols is 1. The van der Waals surface area contributed by atoms with Crippen LogP contribution in [-0.4, -0.2) is 11.3 Å². The first-order valence-corrected chi connectivity index (χ1v) is 5.62. The molecule has 1 N–H and O–H groups in total. The average molecular weight is 276 g/mol. The van der Waals surface area contributed by atoms with Gasteiger partial charge in [0.25, 0.3) is 0 Å². The predicted molar refractivity (Wildman–Crippen MR) is 69.5 cm³/mol. The second-order valence-electron chi connectivity index (χ2n) is 3.30. The minimum Gasteiger partial charge on any atom is -0.506 e. The van der Waals surface area contributed by atoms with Gasteiger partial charge in [-0.3, -0.25) is 4.99 Å². The molecule has 0 unspecified atom stereocenters. The number of aliphatic imine (C=N–C) groups is 1. The maximum absolute atomic E-state index is 9.51. The lowest BCUT2D eigenvalue weighted by atomic mass is 10.2. The number of halogens is 1. The number of phenolic OH excluding ortho intramolecular Hbond substituents is 1. The molecule has 2 aromatic rings. The molecule has 16 heavy (non-hydrogen) atoms. The number of para-hydroxylation sites is 2. The van der Waals surface area contributed by atoms with E-state index in [0.29, 0.717) is 5.69 Å². The van der Waals surface area contributed by atoms with Crippen LogP contribution in [-0.2, 0) is 0 Å². The third kappa shape index (κ3) is 2.70. The molecule has 2 aromatic carbocycles. The topological polar surface area (TPSA) is 32.6 Å². The van der Waals surface area contributed by atoms with E-state index in [1.54, 1.807) is 24.4 Å². The molecule has 0 heterocycles. The molecule has 0 saturated heterocycles. The Labute approximate surface area is 102 Å². The van der Waals surface area contributed by atoms with Crippen LogP contribution in [0.25, 0.3) is 0 Å². The zero-order chi connectivity index (χ0) is 11.4. The molecule has 0 atom stereocenters. The Morgan fingerprint density at radius 3 is 2.38 bits per heavy atom. The first-order valence-electron chi connectivity index (χ1n) is 4.83. The van der Waals surface area contributed by atoms with Gasteiger partial charge in [0.1, 0.15) is 11.4 Å². The summed E-state index contributed by atoms with van der Waals surface area (Å²) >= 11 is 3.37. The van der Waals surface area contributed by atoms with Crippen molar-refractivity contribution in [2.75, 3.05) is 0 Å². The van der Waals surface area contributed by atoms with Gasteiger partial charge in [-0.1, -0.05) is 40.2 Å². The fourth-order valence-corrected chi connectivity index (χ4v) is 1.53. The molecule has 0 saturated carbocycles. The van der Waals surface area contributed by atoms with Crippen molar-refractivity contribution < 1.29 is 5.11 Å². The van der Waals surface area contributed by atoms with Crippen molar-refractivity contribution in [3.63, 3.8) is 0 Å². The molecule has 0 fully saturated rings. The summed E-state index contributed by atoms with van der Waals surface area (Å²) < 4.78 is 1.03. The van der Waals surface area contributed by atoms with Crippen molar-refractivity contribution in [2.45, 2.75) is 0 Å². The van der Waals surface area contributed by atoms with Crippen LogP contribution < -0.4 is 0 Å². The molecule has 0 aliphatic rings. The molecule has 0 aliphatic heterocycles. The summed E-state index contributed by atoms with van der Waals surface area (Å²) in [5, 5.41) is 9.51. The Morgan fingerprint density at radius 1 is 1.00 bits per heavy atom. The number of aromatic hydroxyl groups is 1. The van der Waals surface area contributed by atoms with E-state index in [1.807, 2.05) is 30.3 Å². The second-order valence-corrected chi connectivity index (χ2v) is 4.21. The molecule has 0 radical (unpaired) electrons. The lowest BCUT2D eigenvalue weighted by Gasteiger charge is -1.97. The number of nitrogens with zero attached hydrogens (tertiary/aromatic N) is 1. The molecule has 2 rings (SSSR count). The maximum Gasteiger partial charge on any atom is 0.141 e. The van der Waals surface area contributed by atoms with Crippen molar-refractivity contribution in [2.24, 2.45) is 4.99 Å². The van der Waals surface area contributed by atoms with Gasteiger partial charge in [0.05, 0.1) is 0 Å². The molecule has 2 nitrogen and oxygen atoms in total. The van der Waals surface area contributed by atoms with Crippen LogP contribution in [0, 0.1) is 0 Å². The van der Waals surface area contributed by atoms with Gasteiger partial charge >= 0.3 is 0 Å². The zero-order valence-corrected chi connectivity index (χ0v) is 10.1. The van der Waals surface area contributed by atoms with Crippen molar-refractivity contribution >= 4 is 27.8 Å². The fourth-order valence-electron chi connectivity index (χ4n) is 1.27. The summed E-state index contributed by atoms with van der Waals surface area (Å²) in [5.41, 5.74) is 1.57. The maximum atomic E-state index is 9.51. The Morgan fingerprint density at radius 2 is 1.69 bits per heavy atom. The Kier molecular flexibility index (Phi) is 3.37. The van der Waals surface area contributed by atoms with Crippen LogP contribution >= 0.6 is 15.9 Å². The lowest BCUT2D eigenvalue weighted by Crippen LogP contribution is -1.79. The van der Waals surface area contributed by atoms with Gasteiger partial charge in [-0.15, -0.1) is 0 Å². The fraction of sp³-hybridized carbons (Fsp3) is 0. The van der Waals surface area contributed by atoms with Crippen LogP contribution in [0.5, 0.6) is 5.75 Å². The molecular weight excluding hydrogens is 266 g/mol. The second kappa shape index (κ2) is 4.94. The van der Waals surface area contributed by atoms with Gasteiger partial charge in [0.15, 0.2) is 0 Å². The van der Waals surface area contributed by atoms with E-state index in [9.17, 15) is 5.11 Å². The van der Waals surface area contributed by atoms with E-state index in [1.165, 1.54) is 0 Å². The molecule has 0 spiro atoms. The summed E-state index contributed by atoms with van der Waals surface area (Å²) in [6, 6.07) is 14.8. The summed E-state index contributed by atoms with van der Waals surface area (Å²) in [7, 11) is 0. The first-order chi connectivity index (χ1) is 7.75. The highest BCUT2D eigenvalue weighted by atomic mass is 79.9. The van der Waals surface area contributed by atoms with Crippen LogP contribution in [0.1, 0.15) is 5.56 Å². The molecule has 0 aromatic heterocycles. The van der Waals surface area contributed by atoms with E-state index in [-0.39, 0.29) is 5.75 Å². The van der Waals surface area contributed by atoms with Crippen LogP contribution in [0.15, 0.2) is 58.0 Å². The molecule has 0 amide bonds. The van der Waals surface area contributed by atoms with Gasteiger partial charge in [-0.25, -0.2) is 0 Å². The number of hydrogen-bond donors (Lipinski definition) is 1. The highest BCUT2D eigenvalue weighted by Gasteiger charge is 1.95. The van der Waals surface area contributed by atoms with Crippen LogP contribution in [0.3, 0.4) is 0 Å². The van der Waals surface area contributed by atoms with Crippen LogP contribution in [0.4, 0.5) is 5.69 Å². The summed E-state index contributed by atoms with van der Waals surface area (Å²) in [4.78, 5) is 4.22. The first kappa shape index (κ1) is 10.9. The average Bonchev–Trinajstić information content (AvgIpc) is 2.30. The highest BCUT2D eigenvalue weighted by molar-refractivity contribution is 9.10. The molecule has 80 valence electrons. The largest absolute Gasteiger partial charge is 0.506 e. The molecule has 0 aliphatic carbocycles.